The second-order valence-electron chi connectivity index (χ2n) is 4.19. The first-order valence-electron chi connectivity index (χ1n) is 5.16. The quantitative estimate of drug-likeness (QED) is 0.398. The average molecular weight is 212 g/mol. The summed E-state index contributed by atoms with van der Waals surface area (Å²) in [5, 5.41) is 0. The maximum absolute atomic E-state index is 11.1. The van der Waals surface area contributed by atoms with Gasteiger partial charge in [-0.15, -0.1) is 6.58 Å². The van der Waals surface area contributed by atoms with Crippen molar-refractivity contribution in [2.75, 3.05) is 13.7 Å². The van der Waals surface area contributed by atoms with Crippen LogP contribution >= 0.6 is 0 Å². The number of rotatable bonds is 3. The Balaban J connectivity index is 1.94. The lowest BCUT2D eigenvalue weighted by molar-refractivity contribution is -0.147. The molecule has 0 aromatic heterocycles. The van der Waals surface area contributed by atoms with Gasteiger partial charge in [0, 0.05) is 12.8 Å². The van der Waals surface area contributed by atoms with Gasteiger partial charge in [-0.2, -0.15) is 0 Å². The summed E-state index contributed by atoms with van der Waals surface area (Å²) in [4.78, 5) is 11.1. The van der Waals surface area contributed by atoms with Crippen LogP contribution in [0.4, 0.5) is 0 Å². The number of esters is 1. The molecule has 2 fully saturated rings. The third-order valence-electron chi connectivity index (χ3n) is 2.98. The van der Waals surface area contributed by atoms with Crippen LogP contribution in [-0.4, -0.2) is 37.5 Å². The van der Waals surface area contributed by atoms with Gasteiger partial charge in [-0.3, -0.25) is 4.79 Å². The van der Waals surface area contributed by atoms with E-state index >= 15 is 0 Å². The largest absolute Gasteiger partial charge is 0.469 e. The first-order chi connectivity index (χ1) is 7.17. The Bertz CT molecular complexity index is 270. The normalized spacial score (nSPS) is 38.7. The second-order valence-corrected chi connectivity index (χ2v) is 4.19. The van der Waals surface area contributed by atoms with E-state index in [0.717, 1.165) is 19.4 Å². The molecule has 2 heterocycles. The Labute approximate surface area is 89.2 Å². The average Bonchev–Trinajstić information content (AvgIpc) is 2.96. The molecule has 84 valence electrons. The molecule has 15 heavy (non-hydrogen) atoms. The van der Waals surface area contributed by atoms with Crippen molar-refractivity contribution in [1.82, 2.24) is 0 Å². The van der Waals surface area contributed by atoms with Crippen molar-refractivity contribution in [2.24, 2.45) is 0 Å². The Morgan fingerprint density at radius 3 is 2.93 bits per heavy atom. The summed E-state index contributed by atoms with van der Waals surface area (Å²) in [6.07, 6.45) is 3.60. The van der Waals surface area contributed by atoms with Crippen LogP contribution in [0, 0.1) is 0 Å². The van der Waals surface area contributed by atoms with Crippen LogP contribution in [0.15, 0.2) is 12.7 Å². The van der Waals surface area contributed by atoms with E-state index in [9.17, 15) is 4.79 Å². The van der Waals surface area contributed by atoms with Crippen molar-refractivity contribution in [3.05, 3.63) is 12.7 Å². The molecule has 0 saturated carbocycles. The molecule has 2 aliphatic rings. The molecule has 0 N–H and O–H groups in total. The molecule has 0 unspecified atom stereocenters. The van der Waals surface area contributed by atoms with Crippen LogP contribution in [-0.2, 0) is 19.0 Å². The number of carbonyl (C=O) groups excluding carboxylic acids is 1. The molecule has 0 amide bonds. The van der Waals surface area contributed by atoms with Crippen LogP contribution in [0.1, 0.15) is 19.3 Å². The molecule has 2 aliphatic heterocycles. The minimum atomic E-state index is -0.236. The van der Waals surface area contributed by atoms with Crippen molar-refractivity contribution >= 4 is 5.97 Å². The second kappa shape index (κ2) is 3.94. The first kappa shape index (κ1) is 10.6. The molecule has 2 rings (SSSR count). The maximum atomic E-state index is 11.1. The Hall–Kier alpha value is -0.870. The zero-order valence-electron chi connectivity index (χ0n) is 8.90. The fourth-order valence-electron chi connectivity index (χ4n) is 2.07. The van der Waals surface area contributed by atoms with Gasteiger partial charge in [0.25, 0.3) is 0 Å². The lowest BCUT2D eigenvalue weighted by Gasteiger charge is -2.31. The topological polar surface area (TPSA) is 48.1 Å². The molecule has 2 saturated heterocycles. The summed E-state index contributed by atoms with van der Waals surface area (Å²) in [5.74, 6) is -0.236. The third kappa shape index (κ3) is 2.38. The van der Waals surface area contributed by atoms with Crippen molar-refractivity contribution in [1.29, 1.82) is 0 Å². The molecule has 1 spiro atoms. The fraction of sp³-hybridized carbons (Fsp3) is 0.727. The van der Waals surface area contributed by atoms with E-state index in [4.69, 9.17) is 9.47 Å². The highest BCUT2D eigenvalue weighted by Gasteiger charge is 2.51. The molecule has 4 nitrogen and oxygen atoms in total. The number of carbonyl (C=O) groups is 1. The van der Waals surface area contributed by atoms with Crippen LogP contribution < -0.4 is 0 Å². The SMILES string of the molecule is C=C[C@@H]1C[C@]2(CO2)C[C@@H](CC(=O)OC)O1. The number of ether oxygens (including phenoxy) is 3. The molecule has 4 heteroatoms. The van der Waals surface area contributed by atoms with Crippen LogP contribution in [0.3, 0.4) is 0 Å². The predicted molar refractivity (Wildman–Crippen MR) is 53.4 cm³/mol. The summed E-state index contributed by atoms with van der Waals surface area (Å²) in [6, 6.07) is 0. The summed E-state index contributed by atoms with van der Waals surface area (Å²) in [6.45, 7) is 4.49. The fourth-order valence-corrected chi connectivity index (χ4v) is 2.07. The Morgan fingerprint density at radius 2 is 2.40 bits per heavy atom. The van der Waals surface area contributed by atoms with Gasteiger partial charge >= 0.3 is 5.97 Å². The van der Waals surface area contributed by atoms with Crippen molar-refractivity contribution in [2.45, 2.75) is 37.1 Å². The number of hydrogen-bond donors (Lipinski definition) is 0. The highest BCUT2D eigenvalue weighted by atomic mass is 16.6. The van der Waals surface area contributed by atoms with Crippen LogP contribution in [0.2, 0.25) is 0 Å². The van der Waals surface area contributed by atoms with Gasteiger partial charge in [-0.1, -0.05) is 6.08 Å². The van der Waals surface area contributed by atoms with Gasteiger partial charge in [0.05, 0.1) is 37.9 Å². The molecular formula is C11H16O4. The summed E-state index contributed by atoms with van der Waals surface area (Å²) in [5.41, 5.74) is -0.0458. The zero-order chi connectivity index (χ0) is 10.9. The Kier molecular flexibility index (Phi) is 2.80. The third-order valence-corrected chi connectivity index (χ3v) is 2.98. The lowest BCUT2D eigenvalue weighted by atomic mass is 9.91. The van der Waals surface area contributed by atoms with Gasteiger partial charge in [-0.25, -0.2) is 0 Å². The van der Waals surface area contributed by atoms with E-state index < -0.39 is 0 Å². The summed E-state index contributed by atoms with van der Waals surface area (Å²) >= 11 is 0. The van der Waals surface area contributed by atoms with Crippen LogP contribution in [0.5, 0.6) is 0 Å². The van der Waals surface area contributed by atoms with E-state index in [0.29, 0.717) is 6.42 Å². The minimum Gasteiger partial charge on any atom is -0.469 e. The van der Waals surface area contributed by atoms with Gasteiger partial charge in [-0.05, 0) is 0 Å². The van der Waals surface area contributed by atoms with Crippen molar-refractivity contribution in [3.63, 3.8) is 0 Å². The van der Waals surface area contributed by atoms with Crippen molar-refractivity contribution < 1.29 is 19.0 Å². The minimum absolute atomic E-state index is 0.00379. The van der Waals surface area contributed by atoms with E-state index in [-0.39, 0.29) is 23.8 Å². The van der Waals surface area contributed by atoms with Gasteiger partial charge in [0.1, 0.15) is 0 Å². The number of hydrogen-bond acceptors (Lipinski definition) is 4. The number of methoxy groups -OCH3 is 1. The van der Waals surface area contributed by atoms with Crippen molar-refractivity contribution in [3.8, 4) is 0 Å². The predicted octanol–water partition coefficient (Wildman–Crippen LogP) is 1.05. The summed E-state index contributed by atoms with van der Waals surface area (Å²) in [7, 11) is 1.39. The highest BCUT2D eigenvalue weighted by molar-refractivity contribution is 5.69. The lowest BCUT2D eigenvalue weighted by Crippen LogP contribution is -2.38. The molecule has 0 aromatic rings. The zero-order valence-corrected chi connectivity index (χ0v) is 8.90. The van der Waals surface area contributed by atoms with Gasteiger partial charge in [0.15, 0.2) is 0 Å². The standard InChI is InChI=1S/C11H16O4/c1-3-8-5-11(7-14-11)6-9(15-8)4-10(12)13-2/h3,8-9H,1,4-7H2,2H3/t8-,9-,11-/m1/s1. The first-order valence-corrected chi connectivity index (χ1v) is 5.16. The maximum Gasteiger partial charge on any atom is 0.308 e. The monoisotopic (exact) mass is 212 g/mol. The molecule has 0 aromatic carbocycles. The smallest absolute Gasteiger partial charge is 0.308 e. The highest BCUT2D eigenvalue weighted by Crippen LogP contribution is 2.42. The van der Waals surface area contributed by atoms with Crippen LogP contribution in [0.25, 0.3) is 0 Å². The molecule has 0 radical (unpaired) electrons. The molecule has 0 aliphatic carbocycles. The number of epoxide rings is 1. The van der Waals surface area contributed by atoms with E-state index in [1.165, 1.54) is 7.11 Å². The van der Waals surface area contributed by atoms with Gasteiger partial charge < -0.3 is 14.2 Å². The Morgan fingerprint density at radius 1 is 1.67 bits per heavy atom. The molecule has 3 atom stereocenters. The summed E-state index contributed by atoms with van der Waals surface area (Å²) < 4.78 is 15.7. The van der Waals surface area contributed by atoms with E-state index in [2.05, 4.69) is 11.3 Å². The molecular weight excluding hydrogens is 196 g/mol. The van der Waals surface area contributed by atoms with Gasteiger partial charge in [0.2, 0.25) is 0 Å². The molecule has 0 bridgehead atoms. The van der Waals surface area contributed by atoms with E-state index in [1.807, 2.05) is 0 Å². The van der Waals surface area contributed by atoms with E-state index in [1.54, 1.807) is 6.08 Å².